The van der Waals surface area contributed by atoms with Crippen molar-refractivity contribution in [3.05, 3.63) is 78.5 Å². The highest BCUT2D eigenvalue weighted by molar-refractivity contribution is 5.84. The number of fused-ring (bicyclic) bond motifs is 1. The zero-order valence-electron chi connectivity index (χ0n) is 16.3. The van der Waals surface area contributed by atoms with Crippen molar-refractivity contribution >= 4 is 22.5 Å². The van der Waals surface area contributed by atoms with Gasteiger partial charge < -0.3 is 10.6 Å². The molecule has 0 saturated carbocycles. The molecule has 158 valence electrons. The number of hydrogen-bond acceptors (Lipinski definition) is 5. The molecule has 1 unspecified atom stereocenters. The number of benzene rings is 2. The van der Waals surface area contributed by atoms with E-state index in [0.29, 0.717) is 16.6 Å². The summed E-state index contributed by atoms with van der Waals surface area (Å²) in [6.07, 6.45) is 3.34. The van der Waals surface area contributed by atoms with Gasteiger partial charge in [0, 0.05) is 24.5 Å². The van der Waals surface area contributed by atoms with Crippen LogP contribution in [0.3, 0.4) is 0 Å². The van der Waals surface area contributed by atoms with Gasteiger partial charge >= 0.3 is 0 Å². The van der Waals surface area contributed by atoms with Crippen LogP contribution in [0.1, 0.15) is 11.6 Å². The molecule has 7 nitrogen and oxygen atoms in total. The molecule has 1 amide bonds. The largest absolute Gasteiger partial charge is 0.375 e. The van der Waals surface area contributed by atoms with E-state index in [9.17, 15) is 13.7 Å². The normalized spacial score (nSPS) is 11.9. The second-order valence-electron chi connectivity index (χ2n) is 6.90. The fraction of sp³-hybridized carbons (Fsp3) is 0.136. The lowest BCUT2D eigenvalue weighted by molar-refractivity contribution is -0.156. The number of hydrogen-bond donors (Lipinski definition) is 3. The molecule has 4 rings (SSSR count). The fourth-order valence-electron chi connectivity index (χ4n) is 3.29. The van der Waals surface area contributed by atoms with Crippen LogP contribution >= 0.6 is 0 Å². The third kappa shape index (κ3) is 4.84. The first kappa shape index (κ1) is 20.4. The third-order valence-electron chi connectivity index (χ3n) is 4.81. The molecular formula is C22H19F2N5O2. The molecular weight excluding hydrogens is 404 g/mol. The van der Waals surface area contributed by atoms with E-state index in [1.807, 2.05) is 42.5 Å². The first-order valence-electron chi connectivity index (χ1n) is 9.55. The summed E-state index contributed by atoms with van der Waals surface area (Å²) in [5.41, 5.74) is 3.75. The molecule has 2 aromatic heterocycles. The summed E-state index contributed by atoms with van der Waals surface area (Å²) in [5, 5.41) is 12.6. The molecule has 0 spiro atoms. The Hall–Kier alpha value is -3.85. The van der Waals surface area contributed by atoms with Crippen molar-refractivity contribution in [2.75, 3.05) is 18.5 Å². The maximum atomic E-state index is 13.9. The summed E-state index contributed by atoms with van der Waals surface area (Å²) in [7, 11) is 0. The highest BCUT2D eigenvalue weighted by Gasteiger charge is 2.14. The summed E-state index contributed by atoms with van der Waals surface area (Å²) in [6.45, 7) is -0.450. The lowest BCUT2D eigenvalue weighted by Crippen LogP contribution is -2.33. The number of aromatic nitrogens is 3. The molecule has 2 heterocycles. The van der Waals surface area contributed by atoms with Crippen LogP contribution in [0.5, 0.6) is 0 Å². The second kappa shape index (κ2) is 9.31. The number of nitrogens with one attached hydrogen (secondary N) is 3. The van der Waals surface area contributed by atoms with E-state index in [1.54, 1.807) is 24.5 Å². The Morgan fingerprint density at radius 3 is 2.74 bits per heavy atom. The van der Waals surface area contributed by atoms with Crippen molar-refractivity contribution in [3.8, 4) is 11.1 Å². The van der Waals surface area contributed by atoms with Crippen LogP contribution in [0.25, 0.3) is 22.0 Å². The molecule has 9 heteroatoms. The van der Waals surface area contributed by atoms with E-state index in [0.717, 1.165) is 16.7 Å². The number of anilines is 1. The van der Waals surface area contributed by atoms with Crippen LogP contribution < -0.4 is 10.6 Å². The maximum Gasteiger partial charge on any atom is 0.249 e. The van der Waals surface area contributed by atoms with Crippen molar-refractivity contribution in [3.63, 3.8) is 0 Å². The number of H-pyrrole nitrogens is 1. The van der Waals surface area contributed by atoms with Crippen molar-refractivity contribution < 1.29 is 18.7 Å². The van der Waals surface area contributed by atoms with Gasteiger partial charge in [-0.25, -0.2) is 0 Å². The molecule has 0 aliphatic heterocycles. The Labute approximate surface area is 176 Å². The summed E-state index contributed by atoms with van der Waals surface area (Å²) < 4.78 is 25.8. The van der Waals surface area contributed by atoms with Crippen LogP contribution in [-0.2, 0) is 9.74 Å². The summed E-state index contributed by atoms with van der Waals surface area (Å²) in [4.78, 5) is 19.3. The quantitative estimate of drug-likeness (QED) is 0.399. The average Bonchev–Trinajstić information content (AvgIpc) is 3.18. The second-order valence-corrected chi connectivity index (χ2v) is 6.90. The molecule has 2 aromatic carbocycles. The number of aromatic amines is 1. The molecule has 31 heavy (non-hydrogen) atoms. The van der Waals surface area contributed by atoms with Gasteiger partial charge in [-0.2, -0.15) is 14.4 Å². The lowest BCUT2D eigenvalue weighted by atomic mass is 10.0. The van der Waals surface area contributed by atoms with Crippen LogP contribution in [0.15, 0.2) is 67.0 Å². The van der Waals surface area contributed by atoms with Crippen molar-refractivity contribution in [2.45, 2.75) is 6.04 Å². The van der Waals surface area contributed by atoms with Gasteiger partial charge in [0.1, 0.15) is 0 Å². The number of amides is 1. The first-order valence-corrected chi connectivity index (χ1v) is 9.55. The van der Waals surface area contributed by atoms with Crippen molar-refractivity contribution in [2.24, 2.45) is 0 Å². The van der Waals surface area contributed by atoms with E-state index in [-0.39, 0.29) is 12.6 Å². The smallest absolute Gasteiger partial charge is 0.249 e. The Balaban J connectivity index is 1.58. The molecule has 0 aliphatic carbocycles. The van der Waals surface area contributed by atoms with E-state index < -0.39 is 18.5 Å². The zero-order chi connectivity index (χ0) is 21.6. The van der Waals surface area contributed by atoms with E-state index in [2.05, 4.69) is 30.8 Å². The molecule has 0 fully saturated rings. The van der Waals surface area contributed by atoms with Gasteiger partial charge in [0.05, 0.1) is 22.6 Å². The minimum Gasteiger partial charge on any atom is -0.375 e. The van der Waals surface area contributed by atoms with E-state index in [1.165, 1.54) is 0 Å². The Kier molecular flexibility index (Phi) is 6.13. The highest BCUT2D eigenvalue weighted by atomic mass is 19.3. The molecule has 0 bridgehead atoms. The SMILES string of the molecule is O=C(COF)NCC(Nc1cncc(-c2ccc3n[nH]c(F)c3c2)c1)c1ccccc1. The monoisotopic (exact) mass is 423 g/mol. The third-order valence-corrected chi connectivity index (χ3v) is 4.81. The Morgan fingerprint density at radius 2 is 1.94 bits per heavy atom. The standard InChI is InChI=1S/C22H19F2N5O2/c23-22-18-9-15(6-7-19(18)28-29-22)16-8-17(11-25-10-16)27-20(12-26-21(30)13-31-24)14-4-2-1-3-5-14/h1-11,20,27H,12-13H2,(H,26,30)(H,28,29). The molecule has 1 atom stereocenters. The van der Waals surface area contributed by atoms with Crippen molar-refractivity contribution in [1.29, 1.82) is 0 Å². The van der Waals surface area contributed by atoms with Gasteiger partial charge in [0.15, 0.2) is 6.61 Å². The summed E-state index contributed by atoms with van der Waals surface area (Å²) in [6, 6.07) is 16.4. The predicted octanol–water partition coefficient (Wildman–Crippen LogP) is 3.93. The van der Waals surface area contributed by atoms with Gasteiger partial charge in [-0.15, -0.1) is 0 Å². The summed E-state index contributed by atoms with van der Waals surface area (Å²) in [5.74, 6) is -1.05. The number of halogens is 2. The van der Waals surface area contributed by atoms with Crippen LogP contribution in [0.2, 0.25) is 0 Å². The minimum absolute atomic E-state index is 0.211. The minimum atomic E-state index is -0.661. The van der Waals surface area contributed by atoms with Gasteiger partial charge in [0.25, 0.3) is 0 Å². The first-order chi connectivity index (χ1) is 15.1. The number of carbonyl (C=O) groups excluding carboxylic acids is 1. The zero-order valence-corrected chi connectivity index (χ0v) is 16.3. The molecule has 0 aliphatic rings. The number of nitrogens with zero attached hydrogens (tertiary/aromatic N) is 2. The fourth-order valence-corrected chi connectivity index (χ4v) is 3.29. The molecule has 0 saturated heterocycles. The molecule has 3 N–H and O–H groups in total. The van der Waals surface area contributed by atoms with Gasteiger partial charge in [-0.1, -0.05) is 36.4 Å². The highest BCUT2D eigenvalue weighted by Crippen LogP contribution is 2.27. The van der Waals surface area contributed by atoms with Gasteiger partial charge in [0.2, 0.25) is 11.9 Å². The molecule has 4 aromatic rings. The van der Waals surface area contributed by atoms with Crippen molar-refractivity contribution in [1.82, 2.24) is 20.5 Å². The topological polar surface area (TPSA) is 91.9 Å². The summed E-state index contributed by atoms with van der Waals surface area (Å²) >= 11 is 0. The van der Waals surface area contributed by atoms with Crippen LogP contribution in [-0.4, -0.2) is 34.2 Å². The molecule has 0 radical (unpaired) electrons. The number of carbonyl (C=O) groups is 1. The maximum absolute atomic E-state index is 13.9. The predicted molar refractivity (Wildman–Crippen MR) is 112 cm³/mol. The van der Waals surface area contributed by atoms with Gasteiger partial charge in [-0.3, -0.25) is 14.9 Å². The van der Waals surface area contributed by atoms with Crippen LogP contribution in [0, 0.1) is 5.95 Å². The lowest BCUT2D eigenvalue weighted by Gasteiger charge is -2.21. The average molecular weight is 423 g/mol. The number of rotatable bonds is 8. The van der Waals surface area contributed by atoms with E-state index in [4.69, 9.17) is 0 Å². The van der Waals surface area contributed by atoms with Gasteiger partial charge in [-0.05, 0) is 33.9 Å². The number of pyridine rings is 1. The Morgan fingerprint density at radius 1 is 1.10 bits per heavy atom. The van der Waals surface area contributed by atoms with E-state index >= 15 is 0 Å². The Bertz CT molecular complexity index is 1180. The van der Waals surface area contributed by atoms with Crippen LogP contribution in [0.4, 0.5) is 14.6 Å².